The molecular formula is C13H19ClN2O2. The molecule has 2 rings (SSSR count). The maximum atomic E-state index is 5.94. The van der Waals surface area contributed by atoms with Crippen LogP contribution in [0.2, 0.25) is 5.15 Å². The van der Waals surface area contributed by atoms with Gasteiger partial charge >= 0.3 is 0 Å². The van der Waals surface area contributed by atoms with E-state index in [9.17, 15) is 0 Å². The molecular weight excluding hydrogens is 252 g/mol. The molecule has 1 aliphatic carbocycles. The summed E-state index contributed by atoms with van der Waals surface area (Å²) in [4.78, 5) is 8.37. The normalized spacial score (nSPS) is 23.9. The quantitative estimate of drug-likeness (QED) is 0.788. The van der Waals surface area contributed by atoms with E-state index >= 15 is 0 Å². The van der Waals surface area contributed by atoms with Crippen LogP contribution in [0.1, 0.15) is 38.4 Å². The molecule has 0 N–H and O–H groups in total. The zero-order chi connectivity index (χ0) is 13.0. The Hall–Kier alpha value is -0.870. The van der Waals surface area contributed by atoms with Crippen molar-refractivity contribution in [3.8, 4) is 5.88 Å². The maximum absolute atomic E-state index is 5.94. The topological polar surface area (TPSA) is 44.2 Å². The fraction of sp³-hybridized carbons (Fsp3) is 0.692. The summed E-state index contributed by atoms with van der Waals surface area (Å²) >= 11 is 5.94. The molecule has 1 fully saturated rings. The number of ether oxygens (including phenoxy) is 2. The van der Waals surface area contributed by atoms with Crippen LogP contribution in [-0.4, -0.2) is 23.2 Å². The smallest absolute Gasteiger partial charge is 0.218 e. The molecule has 1 aliphatic rings. The highest BCUT2D eigenvalue weighted by molar-refractivity contribution is 6.29. The number of rotatable bonds is 4. The van der Waals surface area contributed by atoms with Gasteiger partial charge in [0, 0.05) is 13.2 Å². The van der Waals surface area contributed by atoms with Gasteiger partial charge in [0.2, 0.25) is 5.88 Å². The highest BCUT2D eigenvalue weighted by Gasteiger charge is 2.20. The fourth-order valence-electron chi connectivity index (χ4n) is 2.21. The summed E-state index contributed by atoms with van der Waals surface area (Å²) in [6.07, 6.45) is 4.86. The van der Waals surface area contributed by atoms with E-state index in [1.165, 1.54) is 12.8 Å². The van der Waals surface area contributed by atoms with Crippen molar-refractivity contribution >= 4 is 11.6 Å². The highest BCUT2D eigenvalue weighted by Crippen LogP contribution is 2.27. The summed E-state index contributed by atoms with van der Waals surface area (Å²) in [5.74, 6) is 1.92. The van der Waals surface area contributed by atoms with Gasteiger partial charge in [-0.05, 0) is 31.6 Å². The van der Waals surface area contributed by atoms with E-state index in [1.54, 1.807) is 13.2 Å². The lowest BCUT2D eigenvalue weighted by Crippen LogP contribution is -2.23. The molecule has 0 radical (unpaired) electrons. The lowest BCUT2D eigenvalue weighted by Gasteiger charge is -2.26. The minimum absolute atomic E-state index is 0.252. The van der Waals surface area contributed by atoms with Crippen LogP contribution in [-0.2, 0) is 11.3 Å². The Labute approximate surface area is 113 Å². The Bertz CT molecular complexity index is 393. The standard InChI is InChI=1S/C13H19ClN2O2/c1-9-3-5-10(6-4-9)18-13-7-11(14)15-12(16-13)8-17-2/h7,9-10H,3-6,8H2,1-2H3. The molecule has 1 aromatic rings. The first kappa shape index (κ1) is 13.6. The Morgan fingerprint density at radius 2 is 2.00 bits per heavy atom. The average molecular weight is 271 g/mol. The van der Waals surface area contributed by atoms with Crippen LogP contribution in [0.25, 0.3) is 0 Å². The number of hydrogen-bond acceptors (Lipinski definition) is 4. The summed E-state index contributed by atoms with van der Waals surface area (Å²) in [7, 11) is 1.60. The van der Waals surface area contributed by atoms with Crippen LogP contribution in [0.4, 0.5) is 0 Å². The van der Waals surface area contributed by atoms with Crippen molar-refractivity contribution in [2.45, 2.75) is 45.3 Å². The number of aromatic nitrogens is 2. The summed E-state index contributed by atoms with van der Waals surface area (Å²) < 4.78 is 10.9. The predicted molar refractivity (Wildman–Crippen MR) is 69.8 cm³/mol. The molecule has 100 valence electrons. The highest BCUT2D eigenvalue weighted by atomic mass is 35.5. The largest absolute Gasteiger partial charge is 0.474 e. The van der Waals surface area contributed by atoms with Crippen molar-refractivity contribution in [1.82, 2.24) is 9.97 Å². The summed E-state index contributed by atoms with van der Waals surface area (Å²) in [6.45, 7) is 2.63. The van der Waals surface area contributed by atoms with Gasteiger partial charge < -0.3 is 9.47 Å². The van der Waals surface area contributed by atoms with Crippen molar-refractivity contribution in [1.29, 1.82) is 0 Å². The van der Waals surface area contributed by atoms with Crippen LogP contribution in [0.5, 0.6) is 5.88 Å². The van der Waals surface area contributed by atoms with Gasteiger partial charge in [-0.25, -0.2) is 4.98 Å². The van der Waals surface area contributed by atoms with E-state index in [2.05, 4.69) is 16.9 Å². The van der Waals surface area contributed by atoms with Crippen LogP contribution < -0.4 is 4.74 Å². The Morgan fingerprint density at radius 1 is 1.28 bits per heavy atom. The number of nitrogens with zero attached hydrogens (tertiary/aromatic N) is 2. The molecule has 1 saturated carbocycles. The zero-order valence-electron chi connectivity index (χ0n) is 10.9. The van der Waals surface area contributed by atoms with E-state index < -0.39 is 0 Å². The van der Waals surface area contributed by atoms with Crippen molar-refractivity contribution in [3.63, 3.8) is 0 Å². The molecule has 4 nitrogen and oxygen atoms in total. The van der Waals surface area contributed by atoms with Gasteiger partial charge in [-0.1, -0.05) is 18.5 Å². The number of hydrogen-bond donors (Lipinski definition) is 0. The Balaban J connectivity index is 2.00. The van der Waals surface area contributed by atoms with Gasteiger partial charge in [0.15, 0.2) is 5.82 Å². The second-order valence-electron chi connectivity index (χ2n) is 4.88. The van der Waals surface area contributed by atoms with Gasteiger partial charge in [0.25, 0.3) is 0 Å². The molecule has 0 saturated heterocycles. The van der Waals surface area contributed by atoms with Gasteiger partial charge in [0.1, 0.15) is 17.9 Å². The average Bonchev–Trinajstić information content (AvgIpc) is 2.32. The molecule has 0 unspecified atom stereocenters. The number of halogens is 1. The van der Waals surface area contributed by atoms with Crippen molar-refractivity contribution in [3.05, 3.63) is 17.0 Å². The fourth-order valence-corrected chi connectivity index (χ4v) is 2.40. The van der Waals surface area contributed by atoms with Gasteiger partial charge in [-0.15, -0.1) is 0 Å². The Morgan fingerprint density at radius 3 is 2.67 bits per heavy atom. The second-order valence-corrected chi connectivity index (χ2v) is 5.27. The van der Waals surface area contributed by atoms with Crippen molar-refractivity contribution in [2.24, 2.45) is 5.92 Å². The molecule has 0 aliphatic heterocycles. The summed E-state index contributed by atoms with van der Waals surface area (Å²) in [6, 6.07) is 1.67. The van der Waals surface area contributed by atoms with E-state index in [-0.39, 0.29) is 6.10 Å². The first-order valence-electron chi connectivity index (χ1n) is 6.36. The first-order valence-corrected chi connectivity index (χ1v) is 6.74. The van der Waals surface area contributed by atoms with Crippen LogP contribution >= 0.6 is 11.6 Å². The molecule has 1 heterocycles. The van der Waals surface area contributed by atoms with Gasteiger partial charge in [-0.2, -0.15) is 4.98 Å². The molecule has 1 aromatic heterocycles. The van der Waals surface area contributed by atoms with E-state index in [0.717, 1.165) is 18.8 Å². The SMILES string of the molecule is COCc1nc(Cl)cc(OC2CCC(C)CC2)n1. The summed E-state index contributed by atoms with van der Waals surface area (Å²) in [5.41, 5.74) is 0. The molecule has 0 atom stereocenters. The van der Waals surface area contributed by atoms with Crippen molar-refractivity contribution in [2.75, 3.05) is 7.11 Å². The summed E-state index contributed by atoms with van der Waals surface area (Å²) in [5, 5.41) is 0.399. The molecule has 0 spiro atoms. The minimum atomic E-state index is 0.252. The van der Waals surface area contributed by atoms with E-state index in [1.807, 2.05) is 0 Å². The third-order valence-corrected chi connectivity index (χ3v) is 3.44. The zero-order valence-corrected chi connectivity index (χ0v) is 11.6. The Kier molecular flexibility index (Phi) is 4.78. The second kappa shape index (κ2) is 6.34. The maximum Gasteiger partial charge on any atom is 0.218 e. The van der Waals surface area contributed by atoms with Gasteiger partial charge in [0.05, 0.1) is 0 Å². The van der Waals surface area contributed by atoms with E-state index in [0.29, 0.717) is 23.5 Å². The molecule has 5 heteroatoms. The first-order chi connectivity index (χ1) is 8.67. The van der Waals surface area contributed by atoms with E-state index in [4.69, 9.17) is 21.1 Å². The third kappa shape index (κ3) is 3.82. The van der Waals surface area contributed by atoms with Crippen molar-refractivity contribution < 1.29 is 9.47 Å². The predicted octanol–water partition coefficient (Wildman–Crippen LogP) is 3.23. The van der Waals surface area contributed by atoms with Gasteiger partial charge in [-0.3, -0.25) is 0 Å². The lowest BCUT2D eigenvalue weighted by molar-refractivity contribution is 0.127. The molecule has 0 bridgehead atoms. The molecule has 0 amide bonds. The van der Waals surface area contributed by atoms with Crippen LogP contribution in [0.15, 0.2) is 6.07 Å². The monoisotopic (exact) mass is 270 g/mol. The third-order valence-electron chi connectivity index (χ3n) is 3.24. The minimum Gasteiger partial charge on any atom is -0.474 e. The van der Waals surface area contributed by atoms with Crippen LogP contribution in [0, 0.1) is 5.92 Å². The lowest BCUT2D eigenvalue weighted by atomic mass is 9.89. The molecule has 18 heavy (non-hydrogen) atoms. The molecule has 0 aromatic carbocycles. The van der Waals surface area contributed by atoms with Crippen LogP contribution in [0.3, 0.4) is 0 Å². The number of methoxy groups -OCH3 is 1.